The van der Waals surface area contributed by atoms with E-state index in [1.165, 1.54) is 0 Å². The van der Waals surface area contributed by atoms with Crippen molar-refractivity contribution in [3.63, 3.8) is 0 Å². The zero-order valence-corrected chi connectivity index (χ0v) is 12.2. The molecular formula is C8H4BrClF5NO3S. The summed E-state index contributed by atoms with van der Waals surface area (Å²) in [6.45, 7) is 0. The second kappa shape index (κ2) is 5.98. The van der Waals surface area contributed by atoms with Crippen molar-refractivity contribution in [2.45, 2.75) is 23.0 Å². The van der Waals surface area contributed by atoms with Crippen LogP contribution >= 0.6 is 26.6 Å². The van der Waals surface area contributed by atoms with Gasteiger partial charge in [-0.05, 0) is 0 Å². The first kappa shape index (κ1) is 17.4. The topological polar surface area (TPSA) is 56.3 Å². The maximum Gasteiger partial charge on any atom is 0.573 e. The molecule has 0 amide bonds. The summed E-state index contributed by atoms with van der Waals surface area (Å²) in [6.07, 6.45) is -8.21. The molecule has 0 atom stereocenters. The summed E-state index contributed by atoms with van der Waals surface area (Å²) in [7, 11) is 0.274. The molecular weight excluding hydrogens is 401 g/mol. The highest BCUT2D eigenvalue weighted by molar-refractivity contribution is 9.08. The fourth-order valence-electron chi connectivity index (χ4n) is 1.25. The molecule has 1 aromatic rings. The second-order valence-corrected chi connectivity index (χ2v) is 6.33. The van der Waals surface area contributed by atoms with E-state index in [2.05, 4.69) is 25.7 Å². The fourth-order valence-corrected chi connectivity index (χ4v) is 2.68. The first-order valence-corrected chi connectivity index (χ1v) is 7.96. The van der Waals surface area contributed by atoms with Crippen molar-refractivity contribution >= 4 is 35.7 Å². The van der Waals surface area contributed by atoms with E-state index in [9.17, 15) is 30.4 Å². The van der Waals surface area contributed by atoms with Crippen molar-refractivity contribution in [1.82, 2.24) is 4.98 Å². The van der Waals surface area contributed by atoms with Crippen LogP contribution in [0.5, 0.6) is 5.75 Å². The van der Waals surface area contributed by atoms with Gasteiger partial charge in [0, 0.05) is 21.6 Å². The highest BCUT2D eigenvalue weighted by Gasteiger charge is 2.37. The molecule has 0 bridgehead atoms. The number of rotatable bonds is 4. The van der Waals surface area contributed by atoms with E-state index in [1.807, 2.05) is 0 Å². The first-order valence-electron chi connectivity index (χ1n) is 4.53. The Morgan fingerprint density at radius 1 is 1.40 bits per heavy atom. The van der Waals surface area contributed by atoms with Crippen LogP contribution < -0.4 is 4.74 Å². The lowest BCUT2D eigenvalue weighted by molar-refractivity contribution is -0.275. The number of aromatic nitrogens is 1. The zero-order chi connectivity index (χ0) is 15.7. The number of nitrogens with zero attached hydrogens (tertiary/aromatic N) is 1. The van der Waals surface area contributed by atoms with Crippen molar-refractivity contribution in [3.8, 4) is 5.75 Å². The number of ether oxygens (including phenoxy) is 1. The lowest BCUT2D eigenvalue weighted by Gasteiger charge is -2.16. The van der Waals surface area contributed by atoms with Crippen LogP contribution in [-0.4, -0.2) is 19.8 Å². The molecule has 0 N–H and O–H groups in total. The third-order valence-corrected chi connectivity index (χ3v) is 3.82. The van der Waals surface area contributed by atoms with Gasteiger partial charge in [-0.1, -0.05) is 15.9 Å². The van der Waals surface area contributed by atoms with Gasteiger partial charge in [0.05, 0.1) is 6.20 Å². The van der Waals surface area contributed by atoms with Crippen molar-refractivity contribution < 1.29 is 35.1 Å². The molecule has 0 aliphatic rings. The number of alkyl halides is 6. The van der Waals surface area contributed by atoms with Gasteiger partial charge in [-0.3, -0.25) is 4.98 Å². The Hall–Kier alpha value is -0.680. The third-order valence-electron chi connectivity index (χ3n) is 1.95. The summed E-state index contributed by atoms with van der Waals surface area (Å²) in [5.74, 6) is -1.32. The van der Waals surface area contributed by atoms with Gasteiger partial charge in [-0.25, -0.2) is 17.2 Å². The molecule has 1 rings (SSSR count). The smallest absolute Gasteiger partial charge is 0.404 e. The molecule has 0 spiro atoms. The van der Waals surface area contributed by atoms with E-state index in [1.54, 1.807) is 0 Å². The van der Waals surface area contributed by atoms with Gasteiger partial charge in [0.2, 0.25) is 0 Å². The molecule has 0 unspecified atom stereocenters. The summed E-state index contributed by atoms with van der Waals surface area (Å²) in [6, 6.07) is 0. The number of hydrogen-bond donors (Lipinski definition) is 0. The molecule has 0 aliphatic carbocycles. The predicted octanol–water partition coefficient (Wildman–Crippen LogP) is 3.74. The minimum absolute atomic E-state index is 0.289. The van der Waals surface area contributed by atoms with Gasteiger partial charge in [0.15, 0.2) is 5.75 Å². The standard InChI is InChI=1S/C8H4BrClF5NO3S/c9-1-3-5(7(11)12)16-2-4(20(10,17)18)6(3)19-8(13,14)15/h2,7H,1H2. The second-order valence-electron chi connectivity index (χ2n) is 3.24. The Morgan fingerprint density at radius 3 is 2.30 bits per heavy atom. The minimum atomic E-state index is -5.28. The summed E-state index contributed by atoms with van der Waals surface area (Å²) in [4.78, 5) is 1.97. The molecule has 1 heterocycles. The quantitative estimate of drug-likeness (QED) is 0.436. The van der Waals surface area contributed by atoms with Crippen molar-refractivity contribution in [3.05, 3.63) is 17.5 Å². The molecule has 12 heteroatoms. The van der Waals surface area contributed by atoms with E-state index in [-0.39, 0.29) is 6.20 Å². The number of halogens is 7. The van der Waals surface area contributed by atoms with Crippen molar-refractivity contribution in [2.24, 2.45) is 0 Å². The Bertz CT molecular complexity index is 607. The van der Waals surface area contributed by atoms with E-state index < -0.39 is 49.1 Å². The highest BCUT2D eigenvalue weighted by atomic mass is 79.9. The molecule has 0 saturated carbocycles. The minimum Gasteiger partial charge on any atom is -0.404 e. The van der Waals surface area contributed by atoms with Crippen LogP contribution in [0.4, 0.5) is 22.0 Å². The molecule has 4 nitrogen and oxygen atoms in total. The Labute approximate surface area is 122 Å². The van der Waals surface area contributed by atoms with Crippen LogP contribution in [0, 0.1) is 0 Å². The van der Waals surface area contributed by atoms with Crippen LogP contribution in [0.3, 0.4) is 0 Å². The average molecular weight is 405 g/mol. The number of hydrogen-bond acceptors (Lipinski definition) is 4. The highest BCUT2D eigenvalue weighted by Crippen LogP contribution is 2.39. The van der Waals surface area contributed by atoms with E-state index in [0.29, 0.717) is 0 Å². The average Bonchev–Trinajstić information content (AvgIpc) is 2.24. The van der Waals surface area contributed by atoms with E-state index in [0.717, 1.165) is 0 Å². The third kappa shape index (κ3) is 4.16. The Balaban J connectivity index is 3.65. The van der Waals surface area contributed by atoms with Crippen LogP contribution in [-0.2, 0) is 14.4 Å². The maximum atomic E-state index is 12.7. The van der Waals surface area contributed by atoms with Gasteiger partial charge in [0.25, 0.3) is 15.5 Å². The van der Waals surface area contributed by atoms with Gasteiger partial charge in [-0.2, -0.15) is 0 Å². The van der Waals surface area contributed by atoms with Crippen LogP contribution in [0.2, 0.25) is 0 Å². The monoisotopic (exact) mass is 403 g/mol. The maximum absolute atomic E-state index is 12.7. The molecule has 114 valence electrons. The van der Waals surface area contributed by atoms with Gasteiger partial charge >= 0.3 is 6.36 Å². The number of pyridine rings is 1. The largest absolute Gasteiger partial charge is 0.573 e. The lowest BCUT2D eigenvalue weighted by atomic mass is 10.2. The van der Waals surface area contributed by atoms with Crippen LogP contribution in [0.15, 0.2) is 11.1 Å². The summed E-state index contributed by atoms with van der Waals surface area (Å²) >= 11 is 2.68. The van der Waals surface area contributed by atoms with E-state index in [4.69, 9.17) is 10.7 Å². The summed E-state index contributed by atoms with van der Waals surface area (Å²) in [5, 5.41) is -0.536. The SMILES string of the molecule is O=S(=O)(Cl)c1cnc(C(F)F)c(CBr)c1OC(F)(F)F. The fraction of sp³-hybridized carbons (Fsp3) is 0.375. The molecule has 0 fully saturated rings. The molecule has 20 heavy (non-hydrogen) atoms. The first-order chi connectivity index (χ1) is 8.97. The molecule has 0 saturated heterocycles. The predicted molar refractivity (Wildman–Crippen MR) is 61.5 cm³/mol. The summed E-state index contributed by atoms with van der Waals surface area (Å²) in [5.41, 5.74) is -1.79. The van der Waals surface area contributed by atoms with Gasteiger partial charge < -0.3 is 4.74 Å². The van der Waals surface area contributed by atoms with Crippen molar-refractivity contribution in [1.29, 1.82) is 0 Å². The van der Waals surface area contributed by atoms with Crippen molar-refractivity contribution in [2.75, 3.05) is 0 Å². The van der Waals surface area contributed by atoms with Gasteiger partial charge in [-0.15, -0.1) is 13.2 Å². The zero-order valence-electron chi connectivity index (χ0n) is 9.09. The summed E-state index contributed by atoms with van der Waals surface area (Å²) < 4.78 is 88.0. The van der Waals surface area contributed by atoms with Gasteiger partial charge in [0.1, 0.15) is 10.6 Å². The molecule has 0 aliphatic heterocycles. The normalized spacial score (nSPS) is 12.8. The lowest BCUT2D eigenvalue weighted by Crippen LogP contribution is -2.20. The Kier molecular flexibility index (Phi) is 5.19. The molecule has 1 aromatic heterocycles. The van der Waals surface area contributed by atoms with Crippen LogP contribution in [0.1, 0.15) is 17.7 Å². The van der Waals surface area contributed by atoms with E-state index >= 15 is 0 Å². The molecule has 0 radical (unpaired) electrons. The Morgan fingerprint density at radius 2 is 1.95 bits per heavy atom. The van der Waals surface area contributed by atoms with Crippen LogP contribution in [0.25, 0.3) is 0 Å². The molecule has 0 aromatic carbocycles.